The SMILES string of the molecule is C=CCCC[Si@H]1CC[C@H]([C@H]2CC[C@H](CCCCc3ccc(C#N)cc3)CC2)CC1. The summed E-state index contributed by atoms with van der Waals surface area (Å²) in [5.41, 5.74) is 2.16. The highest BCUT2D eigenvalue weighted by Gasteiger charge is 2.30. The summed E-state index contributed by atoms with van der Waals surface area (Å²) in [4.78, 5) is 0. The molecule has 1 aromatic rings. The topological polar surface area (TPSA) is 23.8 Å². The number of hydrogen-bond acceptors (Lipinski definition) is 1. The average Bonchev–Trinajstić information content (AvgIpc) is 2.78. The van der Waals surface area contributed by atoms with Gasteiger partial charge < -0.3 is 0 Å². The van der Waals surface area contributed by atoms with Gasteiger partial charge in [0.15, 0.2) is 0 Å². The van der Waals surface area contributed by atoms with Crippen molar-refractivity contribution in [1.82, 2.24) is 0 Å². The van der Waals surface area contributed by atoms with Gasteiger partial charge in [-0.25, -0.2) is 0 Å². The minimum absolute atomic E-state index is 0.377. The Morgan fingerprint density at radius 2 is 1.62 bits per heavy atom. The lowest BCUT2D eigenvalue weighted by Gasteiger charge is -2.37. The predicted octanol–water partition coefficient (Wildman–Crippen LogP) is 7.68. The van der Waals surface area contributed by atoms with Crippen LogP contribution >= 0.6 is 0 Å². The lowest BCUT2D eigenvalue weighted by atomic mass is 9.73. The van der Waals surface area contributed by atoms with Crippen molar-refractivity contribution >= 4 is 8.80 Å². The summed E-state index contributed by atoms with van der Waals surface area (Å²) < 4.78 is 0. The summed E-state index contributed by atoms with van der Waals surface area (Å²) in [6.45, 7) is 3.87. The van der Waals surface area contributed by atoms with Gasteiger partial charge in [0, 0.05) is 8.80 Å². The maximum Gasteiger partial charge on any atom is 0.0991 e. The number of nitriles is 1. The zero-order chi connectivity index (χ0) is 20.3. The number of nitrogens with zero attached hydrogens (tertiary/aromatic N) is 1. The van der Waals surface area contributed by atoms with Crippen molar-refractivity contribution in [2.24, 2.45) is 17.8 Å². The number of aryl methyl sites for hydroxylation is 1. The van der Waals surface area contributed by atoms with Crippen LogP contribution < -0.4 is 0 Å². The van der Waals surface area contributed by atoms with Gasteiger partial charge >= 0.3 is 0 Å². The van der Waals surface area contributed by atoms with E-state index < -0.39 is 0 Å². The molecule has 1 saturated heterocycles. The molecule has 0 N–H and O–H groups in total. The van der Waals surface area contributed by atoms with Crippen molar-refractivity contribution in [3.63, 3.8) is 0 Å². The summed E-state index contributed by atoms with van der Waals surface area (Å²) >= 11 is 0. The number of hydrogen-bond donors (Lipinski definition) is 0. The molecule has 1 aromatic carbocycles. The van der Waals surface area contributed by atoms with Crippen LogP contribution in [-0.4, -0.2) is 8.80 Å². The first-order valence-corrected chi connectivity index (χ1v) is 14.8. The highest BCUT2D eigenvalue weighted by atomic mass is 28.3. The van der Waals surface area contributed by atoms with Crippen LogP contribution in [0.1, 0.15) is 81.8 Å². The van der Waals surface area contributed by atoms with E-state index in [1.807, 2.05) is 12.1 Å². The molecule has 2 fully saturated rings. The van der Waals surface area contributed by atoms with Crippen LogP contribution in [0.25, 0.3) is 0 Å². The third-order valence-corrected chi connectivity index (χ3v) is 11.4. The second-order valence-corrected chi connectivity index (χ2v) is 13.3. The molecule has 0 spiro atoms. The highest BCUT2D eigenvalue weighted by Crippen LogP contribution is 2.42. The van der Waals surface area contributed by atoms with Crippen LogP contribution in [0, 0.1) is 29.1 Å². The number of rotatable bonds is 10. The van der Waals surface area contributed by atoms with Crippen LogP contribution in [0.3, 0.4) is 0 Å². The highest BCUT2D eigenvalue weighted by molar-refractivity contribution is 6.58. The molecule has 1 nitrogen and oxygen atoms in total. The maximum absolute atomic E-state index is 8.89. The first kappa shape index (κ1) is 22.4. The molecule has 3 rings (SSSR count). The van der Waals surface area contributed by atoms with Gasteiger partial charge in [0.2, 0.25) is 0 Å². The molecule has 158 valence electrons. The van der Waals surface area contributed by atoms with E-state index in [0.29, 0.717) is 0 Å². The largest absolute Gasteiger partial charge is 0.192 e. The van der Waals surface area contributed by atoms with E-state index in [-0.39, 0.29) is 8.80 Å². The van der Waals surface area contributed by atoms with Crippen molar-refractivity contribution in [1.29, 1.82) is 5.26 Å². The summed E-state index contributed by atoms with van der Waals surface area (Å²) in [5.74, 6) is 3.14. The first-order valence-electron chi connectivity index (χ1n) is 12.4. The van der Waals surface area contributed by atoms with Crippen LogP contribution in [0.2, 0.25) is 18.1 Å². The third-order valence-electron chi connectivity index (χ3n) is 7.88. The summed E-state index contributed by atoms with van der Waals surface area (Å²) in [6.07, 6.45) is 19.2. The standard InChI is InChI=1S/C27H41NSi/c1-2-3-6-19-29-20-17-27(18-21-29)26-15-13-24(14-16-26)8-5-4-7-23-9-11-25(22-28)12-10-23/h2,9-12,24,26-27,29H,1,3-8,13-21H2/t24-,26-,27-,29-. The van der Waals surface area contributed by atoms with E-state index in [1.54, 1.807) is 31.0 Å². The van der Waals surface area contributed by atoms with E-state index in [2.05, 4.69) is 30.9 Å². The fraction of sp³-hybridized carbons (Fsp3) is 0.667. The van der Waals surface area contributed by atoms with E-state index in [9.17, 15) is 0 Å². The van der Waals surface area contributed by atoms with E-state index >= 15 is 0 Å². The Hall–Kier alpha value is -1.33. The molecule has 1 saturated carbocycles. The molecule has 2 aliphatic rings. The lowest BCUT2D eigenvalue weighted by Crippen LogP contribution is -2.28. The molecule has 29 heavy (non-hydrogen) atoms. The molecule has 0 unspecified atom stereocenters. The molecule has 0 atom stereocenters. The quantitative estimate of drug-likeness (QED) is 0.222. The van der Waals surface area contributed by atoms with E-state index in [0.717, 1.165) is 23.3 Å². The molecule has 0 bridgehead atoms. The first-order chi connectivity index (χ1) is 14.3. The van der Waals surface area contributed by atoms with Gasteiger partial charge in [-0.2, -0.15) is 5.26 Å². The Labute approximate surface area is 181 Å². The zero-order valence-corrected chi connectivity index (χ0v) is 19.6. The van der Waals surface area contributed by atoms with Gasteiger partial charge in [0.05, 0.1) is 11.6 Å². The van der Waals surface area contributed by atoms with E-state index in [4.69, 9.17) is 5.26 Å². The molecule has 1 heterocycles. The number of benzene rings is 1. The Balaban J connectivity index is 1.26. The maximum atomic E-state index is 8.89. The normalized spacial score (nSPS) is 27.3. The molecule has 2 heteroatoms. The average molecular weight is 408 g/mol. The van der Waals surface area contributed by atoms with Crippen LogP contribution in [0.5, 0.6) is 0 Å². The van der Waals surface area contributed by atoms with Crippen molar-refractivity contribution in [2.45, 2.75) is 95.2 Å². The Morgan fingerprint density at radius 3 is 2.28 bits per heavy atom. The monoisotopic (exact) mass is 407 g/mol. The second kappa shape index (κ2) is 12.4. The third kappa shape index (κ3) is 7.45. The lowest BCUT2D eigenvalue weighted by molar-refractivity contribution is 0.184. The fourth-order valence-electron chi connectivity index (χ4n) is 5.96. The van der Waals surface area contributed by atoms with Gasteiger partial charge in [-0.1, -0.05) is 81.3 Å². The number of unbranched alkanes of at least 4 members (excludes halogenated alkanes) is 2. The minimum atomic E-state index is -0.377. The van der Waals surface area contributed by atoms with E-state index in [1.165, 1.54) is 69.8 Å². The Bertz CT molecular complexity index is 627. The van der Waals surface area contributed by atoms with Crippen LogP contribution in [-0.2, 0) is 6.42 Å². The van der Waals surface area contributed by atoms with Crippen molar-refractivity contribution in [3.8, 4) is 6.07 Å². The summed E-state index contributed by atoms with van der Waals surface area (Å²) in [5, 5.41) is 8.89. The Kier molecular flexibility index (Phi) is 9.54. The summed E-state index contributed by atoms with van der Waals surface area (Å²) in [7, 11) is -0.377. The van der Waals surface area contributed by atoms with Gasteiger partial charge in [-0.05, 0) is 67.6 Å². The van der Waals surface area contributed by atoms with Gasteiger partial charge in [0.1, 0.15) is 0 Å². The molecule has 1 aliphatic carbocycles. The van der Waals surface area contributed by atoms with Crippen LogP contribution in [0.15, 0.2) is 36.9 Å². The predicted molar refractivity (Wildman–Crippen MR) is 128 cm³/mol. The molecular weight excluding hydrogens is 366 g/mol. The van der Waals surface area contributed by atoms with Crippen molar-refractivity contribution in [2.75, 3.05) is 0 Å². The smallest absolute Gasteiger partial charge is 0.0991 e. The summed E-state index contributed by atoms with van der Waals surface area (Å²) in [6, 6.07) is 15.2. The Morgan fingerprint density at radius 1 is 0.931 bits per heavy atom. The van der Waals surface area contributed by atoms with Crippen molar-refractivity contribution < 1.29 is 0 Å². The molecule has 1 aliphatic heterocycles. The van der Waals surface area contributed by atoms with Gasteiger partial charge in [-0.3, -0.25) is 0 Å². The van der Waals surface area contributed by atoms with Crippen molar-refractivity contribution in [3.05, 3.63) is 48.0 Å². The molecule has 0 radical (unpaired) electrons. The number of allylic oxidation sites excluding steroid dienone is 1. The van der Waals surface area contributed by atoms with Gasteiger partial charge in [0.25, 0.3) is 0 Å². The molecule has 0 aromatic heterocycles. The molecule has 0 amide bonds. The second-order valence-electron chi connectivity index (χ2n) is 9.84. The van der Waals surface area contributed by atoms with Crippen LogP contribution in [0.4, 0.5) is 0 Å². The minimum Gasteiger partial charge on any atom is -0.192 e. The molecular formula is C27H41NSi. The fourth-order valence-corrected chi connectivity index (χ4v) is 9.43. The zero-order valence-electron chi connectivity index (χ0n) is 18.5. The van der Waals surface area contributed by atoms with Gasteiger partial charge in [-0.15, -0.1) is 6.58 Å².